The summed E-state index contributed by atoms with van der Waals surface area (Å²) >= 11 is 6.01. The first-order chi connectivity index (χ1) is 10.3. The van der Waals surface area contributed by atoms with E-state index >= 15 is 0 Å². The predicted molar refractivity (Wildman–Crippen MR) is 85.1 cm³/mol. The zero-order valence-corrected chi connectivity index (χ0v) is 13.8. The number of nitrogens with zero attached hydrogens (tertiary/aromatic N) is 1. The van der Waals surface area contributed by atoms with E-state index in [4.69, 9.17) is 16.3 Å². The van der Waals surface area contributed by atoms with Crippen molar-refractivity contribution in [1.82, 2.24) is 10.2 Å². The van der Waals surface area contributed by atoms with Crippen molar-refractivity contribution in [3.8, 4) is 0 Å². The van der Waals surface area contributed by atoms with Gasteiger partial charge in [0.2, 0.25) is 0 Å². The topological polar surface area (TPSA) is 58.6 Å². The lowest BCUT2D eigenvalue weighted by atomic mass is 10.2. The second kappa shape index (κ2) is 6.57. The van der Waals surface area contributed by atoms with E-state index in [2.05, 4.69) is 5.32 Å². The van der Waals surface area contributed by atoms with Crippen molar-refractivity contribution >= 4 is 23.6 Å². The molecular weight excluding hydrogens is 304 g/mol. The van der Waals surface area contributed by atoms with Gasteiger partial charge in [0, 0.05) is 19.1 Å². The monoisotopic (exact) mass is 324 g/mol. The zero-order valence-electron chi connectivity index (χ0n) is 13.1. The van der Waals surface area contributed by atoms with Crippen LogP contribution in [0.15, 0.2) is 24.3 Å². The lowest BCUT2D eigenvalue weighted by molar-refractivity contribution is 0.0290. The Morgan fingerprint density at radius 3 is 2.64 bits per heavy atom. The predicted octanol–water partition coefficient (Wildman–Crippen LogP) is 3.08. The van der Waals surface area contributed by atoms with Gasteiger partial charge in [-0.05, 0) is 39.3 Å². The van der Waals surface area contributed by atoms with Gasteiger partial charge in [0.25, 0.3) is 5.91 Å². The molecule has 0 radical (unpaired) electrons. The molecule has 0 unspecified atom stereocenters. The van der Waals surface area contributed by atoms with E-state index in [1.165, 1.54) is 0 Å². The van der Waals surface area contributed by atoms with Crippen molar-refractivity contribution < 1.29 is 14.3 Å². The molecule has 1 saturated heterocycles. The fourth-order valence-electron chi connectivity index (χ4n) is 2.28. The number of carbonyl (C=O) groups excluding carboxylic acids is 2. The Kier molecular flexibility index (Phi) is 4.96. The first-order valence-corrected chi connectivity index (χ1v) is 7.67. The molecule has 1 heterocycles. The Bertz CT molecular complexity index is 569. The van der Waals surface area contributed by atoms with Crippen molar-refractivity contribution in [2.45, 2.75) is 38.8 Å². The van der Waals surface area contributed by atoms with Gasteiger partial charge < -0.3 is 15.0 Å². The average Bonchev–Trinajstić information content (AvgIpc) is 2.85. The molecule has 1 N–H and O–H groups in total. The Morgan fingerprint density at radius 2 is 2.00 bits per heavy atom. The summed E-state index contributed by atoms with van der Waals surface area (Å²) in [5, 5.41) is 3.33. The Labute approximate surface area is 135 Å². The van der Waals surface area contributed by atoms with E-state index < -0.39 is 5.60 Å². The second-order valence-corrected chi connectivity index (χ2v) is 6.77. The van der Waals surface area contributed by atoms with Gasteiger partial charge in [-0.1, -0.05) is 23.7 Å². The highest BCUT2D eigenvalue weighted by Crippen LogP contribution is 2.18. The summed E-state index contributed by atoms with van der Waals surface area (Å²) in [6, 6.07) is 6.81. The second-order valence-electron chi connectivity index (χ2n) is 6.37. The van der Waals surface area contributed by atoms with E-state index in [1.54, 1.807) is 29.2 Å². The van der Waals surface area contributed by atoms with Crippen molar-refractivity contribution in [3.05, 3.63) is 34.9 Å². The summed E-state index contributed by atoms with van der Waals surface area (Å²) in [5.41, 5.74) is -0.0735. The fourth-order valence-corrected chi connectivity index (χ4v) is 2.50. The normalized spacial score (nSPS) is 18.2. The first-order valence-electron chi connectivity index (χ1n) is 7.29. The molecule has 2 rings (SSSR count). The molecule has 1 aliphatic rings. The summed E-state index contributed by atoms with van der Waals surface area (Å²) in [7, 11) is 0. The summed E-state index contributed by atoms with van der Waals surface area (Å²) in [6.07, 6.45) is 0.358. The molecule has 0 aromatic heterocycles. The number of hydrogen-bond donors (Lipinski definition) is 1. The molecule has 2 amide bonds. The molecule has 1 aromatic carbocycles. The molecule has 1 fully saturated rings. The highest BCUT2D eigenvalue weighted by Gasteiger charge is 2.30. The van der Waals surface area contributed by atoms with Crippen LogP contribution in [0.4, 0.5) is 4.79 Å². The van der Waals surface area contributed by atoms with E-state index in [-0.39, 0.29) is 18.0 Å². The Morgan fingerprint density at radius 1 is 1.32 bits per heavy atom. The number of carbonyl (C=O) groups is 2. The number of rotatable bonds is 2. The molecule has 0 aliphatic carbocycles. The summed E-state index contributed by atoms with van der Waals surface area (Å²) in [5.74, 6) is -0.221. The van der Waals surface area contributed by atoms with Gasteiger partial charge in [0.1, 0.15) is 5.60 Å². The Hall–Kier alpha value is -1.75. The third-order valence-electron chi connectivity index (χ3n) is 3.29. The van der Waals surface area contributed by atoms with Gasteiger partial charge in [-0.2, -0.15) is 0 Å². The van der Waals surface area contributed by atoms with Crippen LogP contribution >= 0.6 is 11.6 Å². The molecule has 5 nitrogen and oxygen atoms in total. The molecule has 1 aromatic rings. The van der Waals surface area contributed by atoms with Gasteiger partial charge in [-0.15, -0.1) is 0 Å². The molecule has 0 spiro atoms. The molecule has 1 aliphatic heterocycles. The van der Waals surface area contributed by atoms with E-state index in [1.807, 2.05) is 20.8 Å². The van der Waals surface area contributed by atoms with Crippen LogP contribution in [-0.2, 0) is 4.74 Å². The zero-order chi connectivity index (χ0) is 16.3. The van der Waals surface area contributed by atoms with Crippen LogP contribution < -0.4 is 5.32 Å². The maximum absolute atomic E-state index is 12.2. The lowest BCUT2D eigenvalue weighted by Gasteiger charge is -2.24. The van der Waals surface area contributed by atoms with Crippen LogP contribution in [0.2, 0.25) is 5.02 Å². The number of halogens is 1. The largest absolute Gasteiger partial charge is 0.444 e. The summed E-state index contributed by atoms with van der Waals surface area (Å²) in [4.78, 5) is 25.8. The van der Waals surface area contributed by atoms with Crippen LogP contribution in [0.5, 0.6) is 0 Å². The lowest BCUT2D eigenvalue weighted by Crippen LogP contribution is -2.40. The molecule has 6 heteroatoms. The van der Waals surface area contributed by atoms with Crippen molar-refractivity contribution in [1.29, 1.82) is 0 Å². The van der Waals surface area contributed by atoms with E-state index in [0.717, 1.165) is 0 Å². The third kappa shape index (κ3) is 4.37. The number of likely N-dealkylation sites (tertiary alicyclic amines) is 1. The molecule has 1 atom stereocenters. The summed E-state index contributed by atoms with van der Waals surface area (Å²) in [6.45, 7) is 6.51. The highest BCUT2D eigenvalue weighted by molar-refractivity contribution is 6.33. The van der Waals surface area contributed by atoms with Gasteiger partial charge >= 0.3 is 6.09 Å². The van der Waals surface area contributed by atoms with Crippen LogP contribution in [0.3, 0.4) is 0 Å². The third-order valence-corrected chi connectivity index (χ3v) is 3.62. The van der Waals surface area contributed by atoms with Crippen LogP contribution in [0.1, 0.15) is 37.6 Å². The van der Waals surface area contributed by atoms with Crippen LogP contribution in [0.25, 0.3) is 0 Å². The molecule has 22 heavy (non-hydrogen) atoms. The van der Waals surface area contributed by atoms with Gasteiger partial charge in [-0.3, -0.25) is 4.79 Å². The van der Waals surface area contributed by atoms with Gasteiger partial charge in [0.05, 0.1) is 10.6 Å². The molecule has 120 valence electrons. The SMILES string of the molecule is CC(C)(C)OC(=O)N1CC[C@@H](NC(=O)c2ccccc2Cl)C1. The smallest absolute Gasteiger partial charge is 0.410 e. The number of benzene rings is 1. The van der Waals surface area contributed by atoms with Gasteiger partial charge in [0.15, 0.2) is 0 Å². The number of hydrogen-bond acceptors (Lipinski definition) is 3. The highest BCUT2D eigenvalue weighted by atomic mass is 35.5. The minimum Gasteiger partial charge on any atom is -0.444 e. The standard InChI is InChI=1S/C16H21ClN2O3/c1-16(2,3)22-15(21)19-9-8-11(10-19)18-14(20)12-6-4-5-7-13(12)17/h4-7,11H,8-10H2,1-3H3,(H,18,20)/t11-/m1/s1. The Balaban J connectivity index is 1.90. The average molecular weight is 325 g/mol. The van der Waals surface area contributed by atoms with Crippen molar-refractivity contribution in [2.75, 3.05) is 13.1 Å². The maximum atomic E-state index is 12.2. The minimum atomic E-state index is -0.518. The van der Waals surface area contributed by atoms with Gasteiger partial charge in [-0.25, -0.2) is 4.79 Å². The number of amides is 2. The fraction of sp³-hybridized carbons (Fsp3) is 0.500. The van der Waals surface area contributed by atoms with Crippen LogP contribution in [0, 0.1) is 0 Å². The van der Waals surface area contributed by atoms with E-state index in [9.17, 15) is 9.59 Å². The molecule has 0 saturated carbocycles. The molecular formula is C16H21ClN2O3. The van der Waals surface area contributed by atoms with Crippen molar-refractivity contribution in [3.63, 3.8) is 0 Å². The van der Waals surface area contributed by atoms with Crippen molar-refractivity contribution in [2.24, 2.45) is 0 Å². The number of ether oxygens (including phenoxy) is 1. The number of nitrogens with one attached hydrogen (secondary N) is 1. The summed E-state index contributed by atoms with van der Waals surface area (Å²) < 4.78 is 5.33. The first kappa shape index (κ1) is 16.6. The van der Waals surface area contributed by atoms with Crippen LogP contribution in [-0.4, -0.2) is 41.6 Å². The minimum absolute atomic E-state index is 0.0868. The quantitative estimate of drug-likeness (QED) is 0.909. The van der Waals surface area contributed by atoms with E-state index in [0.29, 0.717) is 30.1 Å². The maximum Gasteiger partial charge on any atom is 0.410 e. The molecule has 0 bridgehead atoms.